The van der Waals surface area contributed by atoms with E-state index < -0.39 is 10.0 Å². The Morgan fingerprint density at radius 1 is 1.22 bits per heavy atom. The Balaban J connectivity index is 1.96. The molecule has 0 saturated carbocycles. The molecule has 1 aromatic carbocycles. The van der Waals surface area contributed by atoms with Crippen LogP contribution >= 0.6 is 11.3 Å². The molecule has 5 nitrogen and oxygen atoms in total. The molecule has 0 fully saturated rings. The Morgan fingerprint density at radius 2 is 1.91 bits per heavy atom. The van der Waals surface area contributed by atoms with Gasteiger partial charge in [-0.3, -0.25) is 4.79 Å². The van der Waals surface area contributed by atoms with Crippen LogP contribution in [0.3, 0.4) is 0 Å². The van der Waals surface area contributed by atoms with Gasteiger partial charge in [-0.25, -0.2) is 8.42 Å². The normalized spacial score (nSPS) is 11.6. The highest BCUT2D eigenvalue weighted by atomic mass is 32.2. The fraction of sp³-hybridized carbons (Fsp3) is 0.312. The third kappa shape index (κ3) is 4.63. The zero-order valence-corrected chi connectivity index (χ0v) is 14.8. The van der Waals surface area contributed by atoms with Crippen LogP contribution in [0.25, 0.3) is 0 Å². The minimum Gasteiger partial charge on any atom is -0.325 e. The Morgan fingerprint density at radius 3 is 2.48 bits per heavy atom. The highest BCUT2D eigenvalue weighted by molar-refractivity contribution is 7.91. The van der Waals surface area contributed by atoms with E-state index in [0.717, 1.165) is 28.5 Å². The summed E-state index contributed by atoms with van der Waals surface area (Å²) in [5.41, 5.74) is 1.87. The second-order valence-corrected chi connectivity index (χ2v) is 8.41. The molecule has 0 aliphatic carbocycles. The number of nitrogens with zero attached hydrogens (tertiary/aromatic N) is 1. The monoisotopic (exact) mass is 352 g/mol. The molecule has 1 aromatic heterocycles. The maximum absolute atomic E-state index is 12.3. The second kappa shape index (κ2) is 7.72. The van der Waals surface area contributed by atoms with Crippen molar-refractivity contribution >= 4 is 33.0 Å². The van der Waals surface area contributed by atoms with Gasteiger partial charge in [0.15, 0.2) is 0 Å². The minimum atomic E-state index is -3.61. The molecule has 1 N–H and O–H groups in total. The molecule has 2 rings (SSSR count). The Labute approximate surface area is 141 Å². The number of hydrogen-bond acceptors (Lipinski definition) is 4. The third-order valence-corrected chi connectivity index (χ3v) is 6.48. The molecule has 124 valence electrons. The largest absolute Gasteiger partial charge is 0.325 e. The van der Waals surface area contributed by atoms with E-state index in [0.29, 0.717) is 5.69 Å². The van der Waals surface area contributed by atoms with Crippen LogP contribution in [0.15, 0.2) is 46.0 Å². The van der Waals surface area contributed by atoms with Crippen LogP contribution in [-0.2, 0) is 21.2 Å². The molecule has 0 saturated heterocycles. The summed E-state index contributed by atoms with van der Waals surface area (Å²) in [5, 5.41) is 4.41. The molecule has 2 aromatic rings. The van der Waals surface area contributed by atoms with Crippen molar-refractivity contribution in [2.24, 2.45) is 0 Å². The number of anilines is 1. The number of sulfonamides is 1. The number of carbonyl (C=O) groups is 1. The lowest BCUT2D eigenvalue weighted by Gasteiger charge is -2.15. The van der Waals surface area contributed by atoms with E-state index in [4.69, 9.17) is 0 Å². The van der Waals surface area contributed by atoms with E-state index in [1.165, 1.54) is 18.7 Å². The number of likely N-dealkylation sites (N-methyl/N-ethyl adjacent to an activating group) is 1. The number of amides is 1. The highest BCUT2D eigenvalue weighted by Gasteiger charge is 2.23. The average molecular weight is 352 g/mol. The number of rotatable bonds is 7. The molecule has 0 bridgehead atoms. The van der Waals surface area contributed by atoms with Gasteiger partial charge in [0.1, 0.15) is 4.21 Å². The molecule has 1 amide bonds. The van der Waals surface area contributed by atoms with Gasteiger partial charge in [-0.15, -0.1) is 11.3 Å². The fourth-order valence-electron chi connectivity index (χ4n) is 2.10. The maximum Gasteiger partial charge on any atom is 0.252 e. The van der Waals surface area contributed by atoms with Gasteiger partial charge in [0.05, 0.1) is 6.54 Å². The molecule has 0 aliphatic rings. The summed E-state index contributed by atoms with van der Waals surface area (Å²) in [7, 11) is -2.20. The Hall–Kier alpha value is -1.70. The van der Waals surface area contributed by atoms with Crippen LogP contribution in [-0.4, -0.2) is 32.2 Å². The third-order valence-electron chi connectivity index (χ3n) is 3.30. The van der Waals surface area contributed by atoms with Gasteiger partial charge in [-0.1, -0.05) is 31.5 Å². The number of nitrogens with one attached hydrogen (secondary N) is 1. The number of hydrogen-bond donors (Lipinski definition) is 1. The van der Waals surface area contributed by atoms with Crippen LogP contribution in [0.1, 0.15) is 18.9 Å². The van der Waals surface area contributed by atoms with Gasteiger partial charge >= 0.3 is 0 Å². The second-order valence-electron chi connectivity index (χ2n) is 5.19. The first-order valence-electron chi connectivity index (χ1n) is 7.32. The topological polar surface area (TPSA) is 66.5 Å². The molecule has 0 radical (unpaired) electrons. The van der Waals surface area contributed by atoms with Crippen LogP contribution in [0.5, 0.6) is 0 Å². The average Bonchev–Trinajstić information content (AvgIpc) is 3.04. The van der Waals surface area contributed by atoms with Gasteiger partial charge in [0.2, 0.25) is 5.91 Å². The van der Waals surface area contributed by atoms with E-state index in [-0.39, 0.29) is 16.7 Å². The minimum absolute atomic E-state index is 0.225. The molecule has 0 spiro atoms. The van der Waals surface area contributed by atoms with Crippen LogP contribution in [0.4, 0.5) is 5.69 Å². The summed E-state index contributed by atoms with van der Waals surface area (Å²) in [6, 6.07) is 10.8. The molecule has 0 aliphatic heterocycles. The predicted molar refractivity (Wildman–Crippen MR) is 93.2 cm³/mol. The smallest absolute Gasteiger partial charge is 0.252 e. The lowest BCUT2D eigenvalue weighted by Crippen LogP contribution is -2.34. The van der Waals surface area contributed by atoms with Crippen LogP contribution < -0.4 is 5.32 Å². The standard InChI is InChI=1S/C16H20N2O3S2/c1-3-5-13-7-9-14(10-8-13)17-15(19)12-18(2)23(20,21)16-6-4-11-22-16/h4,6-11H,3,5,12H2,1-2H3,(H,17,19). The molecule has 7 heteroatoms. The summed E-state index contributed by atoms with van der Waals surface area (Å²) >= 11 is 1.13. The number of carbonyl (C=O) groups excluding carboxylic acids is 1. The molecule has 0 atom stereocenters. The summed E-state index contributed by atoms with van der Waals surface area (Å²) in [6.07, 6.45) is 2.06. The first-order valence-corrected chi connectivity index (χ1v) is 9.64. The van der Waals surface area contributed by atoms with Gasteiger partial charge < -0.3 is 5.32 Å². The van der Waals surface area contributed by atoms with Crippen LogP contribution in [0, 0.1) is 0 Å². The summed E-state index contributed by atoms with van der Waals surface area (Å²) in [6.45, 7) is 1.89. The molecular formula is C16H20N2O3S2. The predicted octanol–water partition coefficient (Wildman–Crippen LogP) is 2.96. The number of benzene rings is 1. The summed E-state index contributed by atoms with van der Waals surface area (Å²) < 4.78 is 25.8. The van der Waals surface area contributed by atoms with Gasteiger partial charge in [-0.05, 0) is 35.6 Å². The van der Waals surface area contributed by atoms with Gasteiger partial charge in [-0.2, -0.15) is 4.31 Å². The summed E-state index contributed by atoms with van der Waals surface area (Å²) in [4.78, 5) is 12.0. The number of thiophene rings is 1. The fourth-order valence-corrected chi connectivity index (χ4v) is 4.42. The SMILES string of the molecule is CCCc1ccc(NC(=O)CN(C)S(=O)(=O)c2cccs2)cc1. The van der Waals surface area contributed by atoms with Crippen molar-refractivity contribution in [3.8, 4) is 0 Å². The van der Waals surface area contributed by atoms with Crippen molar-refractivity contribution in [2.45, 2.75) is 24.0 Å². The van der Waals surface area contributed by atoms with E-state index >= 15 is 0 Å². The van der Waals surface area contributed by atoms with E-state index in [1.807, 2.05) is 24.3 Å². The van der Waals surface area contributed by atoms with Crippen molar-refractivity contribution in [3.63, 3.8) is 0 Å². The van der Waals surface area contributed by atoms with Crippen molar-refractivity contribution < 1.29 is 13.2 Å². The van der Waals surface area contributed by atoms with E-state index in [9.17, 15) is 13.2 Å². The van der Waals surface area contributed by atoms with Gasteiger partial charge in [0.25, 0.3) is 10.0 Å². The Kier molecular flexibility index (Phi) is 5.92. The highest BCUT2D eigenvalue weighted by Crippen LogP contribution is 2.19. The first-order chi connectivity index (χ1) is 10.9. The number of aryl methyl sites for hydroxylation is 1. The molecule has 1 heterocycles. The van der Waals surface area contributed by atoms with Crippen molar-refractivity contribution in [1.82, 2.24) is 4.31 Å². The zero-order chi connectivity index (χ0) is 16.9. The molecule has 23 heavy (non-hydrogen) atoms. The maximum atomic E-state index is 12.3. The Bertz CT molecular complexity index is 738. The lowest BCUT2D eigenvalue weighted by molar-refractivity contribution is -0.116. The van der Waals surface area contributed by atoms with Crippen LogP contribution in [0.2, 0.25) is 0 Å². The van der Waals surface area contributed by atoms with Gasteiger partial charge in [0, 0.05) is 12.7 Å². The zero-order valence-electron chi connectivity index (χ0n) is 13.2. The van der Waals surface area contributed by atoms with E-state index in [2.05, 4.69) is 12.2 Å². The van der Waals surface area contributed by atoms with Crippen molar-refractivity contribution in [3.05, 3.63) is 47.3 Å². The van der Waals surface area contributed by atoms with E-state index in [1.54, 1.807) is 11.4 Å². The van der Waals surface area contributed by atoms with Crippen molar-refractivity contribution in [1.29, 1.82) is 0 Å². The molecule has 0 unspecified atom stereocenters. The molecular weight excluding hydrogens is 332 g/mol. The van der Waals surface area contributed by atoms with Crippen molar-refractivity contribution in [2.75, 3.05) is 18.9 Å². The summed E-state index contributed by atoms with van der Waals surface area (Å²) in [5.74, 6) is -0.365. The first kappa shape index (κ1) is 17.7. The quantitative estimate of drug-likeness (QED) is 0.833. The lowest BCUT2D eigenvalue weighted by atomic mass is 10.1.